The number of ketones is 1. The van der Waals surface area contributed by atoms with Crippen molar-refractivity contribution in [1.82, 2.24) is 24.6 Å². The fraction of sp³-hybridized carbons (Fsp3) is 0.440. The predicted octanol–water partition coefficient (Wildman–Crippen LogP) is 5.49. The van der Waals surface area contributed by atoms with Gasteiger partial charge in [0.1, 0.15) is 5.65 Å². The number of hydrogen-bond acceptors (Lipinski definition) is 5. The Bertz CT molecular complexity index is 1250. The van der Waals surface area contributed by atoms with Crippen LogP contribution in [0.3, 0.4) is 0 Å². The highest BCUT2D eigenvalue weighted by atomic mass is 16.1. The van der Waals surface area contributed by atoms with Gasteiger partial charge in [0.25, 0.3) is 0 Å². The van der Waals surface area contributed by atoms with E-state index in [2.05, 4.69) is 45.3 Å². The Morgan fingerprint density at radius 3 is 2.81 bits per heavy atom. The monoisotopic (exact) mass is 430 g/mol. The SMILES string of the molecule is CC(C)CNc1ncc2c(-c3ccn4ncc(C(=O)C5CCCCCC5)c4c3)c[nH]c2n1. The van der Waals surface area contributed by atoms with Crippen molar-refractivity contribution in [2.24, 2.45) is 11.8 Å². The van der Waals surface area contributed by atoms with Gasteiger partial charge in [-0.2, -0.15) is 10.1 Å². The maximum Gasteiger partial charge on any atom is 0.224 e. The maximum absolute atomic E-state index is 13.3. The van der Waals surface area contributed by atoms with Crippen LogP contribution in [-0.2, 0) is 0 Å². The molecule has 0 aromatic carbocycles. The van der Waals surface area contributed by atoms with Gasteiger partial charge in [0.15, 0.2) is 5.78 Å². The van der Waals surface area contributed by atoms with E-state index in [0.717, 1.165) is 65.5 Å². The molecule has 4 aromatic heterocycles. The smallest absolute Gasteiger partial charge is 0.224 e. The molecule has 2 N–H and O–H groups in total. The second-order valence-corrected chi connectivity index (χ2v) is 9.29. The van der Waals surface area contributed by atoms with E-state index in [-0.39, 0.29) is 11.7 Å². The summed E-state index contributed by atoms with van der Waals surface area (Å²) in [6, 6.07) is 4.08. The average molecular weight is 431 g/mol. The molecule has 0 unspecified atom stereocenters. The number of carbonyl (C=O) groups excluding carboxylic acids is 1. The Labute approximate surface area is 187 Å². The topological polar surface area (TPSA) is 88.0 Å². The number of hydrogen-bond donors (Lipinski definition) is 2. The lowest BCUT2D eigenvalue weighted by atomic mass is 9.91. The number of nitrogens with zero attached hydrogens (tertiary/aromatic N) is 4. The minimum absolute atomic E-state index is 0.118. The average Bonchev–Trinajstić information content (AvgIpc) is 3.31. The van der Waals surface area contributed by atoms with Crippen molar-refractivity contribution in [2.75, 3.05) is 11.9 Å². The number of nitrogens with one attached hydrogen (secondary N) is 2. The van der Waals surface area contributed by atoms with Crippen molar-refractivity contribution in [3.8, 4) is 11.1 Å². The lowest BCUT2D eigenvalue weighted by Gasteiger charge is -2.12. The number of anilines is 1. The summed E-state index contributed by atoms with van der Waals surface area (Å²) in [6.45, 7) is 5.13. The summed E-state index contributed by atoms with van der Waals surface area (Å²) in [5.41, 5.74) is 4.43. The van der Waals surface area contributed by atoms with Crippen LogP contribution >= 0.6 is 0 Å². The summed E-state index contributed by atoms with van der Waals surface area (Å²) in [5, 5.41) is 8.67. The molecule has 5 rings (SSSR count). The van der Waals surface area contributed by atoms with E-state index >= 15 is 0 Å². The fourth-order valence-corrected chi connectivity index (χ4v) is 4.63. The van der Waals surface area contributed by atoms with Crippen molar-refractivity contribution in [1.29, 1.82) is 0 Å². The molecular weight excluding hydrogens is 400 g/mol. The van der Waals surface area contributed by atoms with Crippen molar-refractivity contribution >= 4 is 28.3 Å². The first-order chi connectivity index (χ1) is 15.6. The quantitative estimate of drug-likeness (QED) is 0.312. The zero-order valence-corrected chi connectivity index (χ0v) is 18.8. The van der Waals surface area contributed by atoms with Crippen LogP contribution in [0.4, 0.5) is 5.95 Å². The van der Waals surface area contributed by atoms with E-state index in [1.165, 1.54) is 12.8 Å². The first-order valence-corrected chi connectivity index (χ1v) is 11.7. The highest BCUT2D eigenvalue weighted by Crippen LogP contribution is 2.31. The minimum Gasteiger partial charge on any atom is -0.354 e. The van der Waals surface area contributed by atoms with Gasteiger partial charge in [-0.25, -0.2) is 9.50 Å². The number of H-pyrrole nitrogens is 1. The van der Waals surface area contributed by atoms with Gasteiger partial charge in [0, 0.05) is 42.0 Å². The molecule has 32 heavy (non-hydrogen) atoms. The Balaban J connectivity index is 1.47. The summed E-state index contributed by atoms with van der Waals surface area (Å²) >= 11 is 0. The third-order valence-corrected chi connectivity index (χ3v) is 6.42. The van der Waals surface area contributed by atoms with Crippen molar-refractivity contribution in [3.05, 3.63) is 42.5 Å². The largest absolute Gasteiger partial charge is 0.354 e. The molecule has 1 aliphatic rings. The van der Waals surface area contributed by atoms with E-state index in [1.54, 1.807) is 10.7 Å². The predicted molar refractivity (Wildman–Crippen MR) is 127 cm³/mol. The zero-order chi connectivity index (χ0) is 22.1. The molecule has 0 atom stereocenters. The molecule has 0 radical (unpaired) electrons. The van der Waals surface area contributed by atoms with E-state index in [9.17, 15) is 4.79 Å². The normalized spacial score (nSPS) is 15.5. The standard InChI is InChI=1S/C25H30N6O/c1-16(2)12-27-25-28-14-20-19(13-26-24(20)30-25)18-9-10-31-22(11-18)21(15-29-31)23(32)17-7-5-3-4-6-8-17/h9-11,13-17H,3-8,12H2,1-2H3,(H2,26,27,28,30). The molecule has 1 fully saturated rings. The van der Waals surface area contributed by atoms with Gasteiger partial charge in [0.05, 0.1) is 17.3 Å². The van der Waals surface area contributed by atoms with E-state index < -0.39 is 0 Å². The summed E-state index contributed by atoms with van der Waals surface area (Å²) in [5.74, 6) is 1.50. The molecule has 1 aliphatic carbocycles. The molecule has 0 aliphatic heterocycles. The van der Waals surface area contributed by atoms with Crippen LogP contribution in [0.15, 0.2) is 36.9 Å². The van der Waals surface area contributed by atoms with Gasteiger partial charge in [-0.15, -0.1) is 0 Å². The van der Waals surface area contributed by atoms with Crippen LogP contribution in [0.2, 0.25) is 0 Å². The molecule has 7 heteroatoms. The first kappa shape index (κ1) is 20.7. The summed E-state index contributed by atoms with van der Waals surface area (Å²) in [7, 11) is 0. The van der Waals surface area contributed by atoms with Crippen molar-refractivity contribution < 1.29 is 4.79 Å². The summed E-state index contributed by atoms with van der Waals surface area (Å²) < 4.78 is 1.80. The van der Waals surface area contributed by atoms with Crippen LogP contribution in [0, 0.1) is 11.8 Å². The number of pyridine rings is 1. The number of fused-ring (bicyclic) bond motifs is 2. The molecule has 7 nitrogen and oxygen atoms in total. The van der Waals surface area contributed by atoms with Gasteiger partial charge in [-0.1, -0.05) is 39.5 Å². The maximum atomic E-state index is 13.3. The molecule has 1 saturated carbocycles. The van der Waals surface area contributed by atoms with Crippen LogP contribution < -0.4 is 5.32 Å². The molecule has 4 aromatic rings. The minimum atomic E-state index is 0.118. The van der Waals surface area contributed by atoms with Crippen LogP contribution in [-0.4, -0.2) is 36.9 Å². The molecule has 0 amide bonds. The lowest BCUT2D eigenvalue weighted by molar-refractivity contribution is 0.0909. The van der Waals surface area contributed by atoms with Gasteiger partial charge in [-0.3, -0.25) is 4.79 Å². The third kappa shape index (κ3) is 3.99. The highest BCUT2D eigenvalue weighted by molar-refractivity contribution is 6.04. The summed E-state index contributed by atoms with van der Waals surface area (Å²) in [4.78, 5) is 25.7. The highest BCUT2D eigenvalue weighted by Gasteiger charge is 2.24. The van der Waals surface area contributed by atoms with Crippen molar-refractivity contribution in [2.45, 2.75) is 52.4 Å². The van der Waals surface area contributed by atoms with Crippen molar-refractivity contribution in [3.63, 3.8) is 0 Å². The molecular formula is C25H30N6O. The third-order valence-electron chi connectivity index (χ3n) is 6.42. The summed E-state index contributed by atoms with van der Waals surface area (Å²) in [6.07, 6.45) is 14.2. The van der Waals surface area contributed by atoms with Gasteiger partial charge < -0.3 is 10.3 Å². The lowest BCUT2D eigenvalue weighted by Crippen LogP contribution is -2.13. The van der Waals surface area contributed by atoms with Crippen LogP contribution in [0.5, 0.6) is 0 Å². The van der Waals surface area contributed by atoms with Gasteiger partial charge >= 0.3 is 0 Å². The molecule has 0 spiro atoms. The van der Waals surface area contributed by atoms with E-state index in [4.69, 9.17) is 0 Å². The molecule has 0 bridgehead atoms. The van der Waals surface area contributed by atoms with E-state index in [0.29, 0.717) is 11.9 Å². The second-order valence-electron chi connectivity index (χ2n) is 9.29. The Kier molecular flexibility index (Phi) is 5.64. The van der Waals surface area contributed by atoms with Crippen LogP contribution in [0.1, 0.15) is 62.7 Å². The van der Waals surface area contributed by atoms with Gasteiger partial charge in [0.2, 0.25) is 5.95 Å². The Morgan fingerprint density at radius 1 is 1.22 bits per heavy atom. The molecule has 166 valence electrons. The Hall–Kier alpha value is -3.22. The van der Waals surface area contributed by atoms with Crippen LogP contribution in [0.25, 0.3) is 27.7 Å². The number of aromatic nitrogens is 5. The van der Waals surface area contributed by atoms with E-state index in [1.807, 2.05) is 24.7 Å². The number of rotatable bonds is 6. The number of Topliss-reactive ketones (excluding diaryl/α,β-unsaturated/α-hetero) is 1. The Morgan fingerprint density at radius 2 is 2.03 bits per heavy atom. The molecule has 0 saturated heterocycles. The second kappa shape index (κ2) is 8.73. The fourth-order valence-electron chi connectivity index (χ4n) is 4.63. The number of carbonyl (C=O) groups is 1. The zero-order valence-electron chi connectivity index (χ0n) is 18.8. The van der Waals surface area contributed by atoms with Gasteiger partial charge in [-0.05, 0) is 36.5 Å². The molecule has 4 heterocycles. The number of aromatic amines is 1. The first-order valence-electron chi connectivity index (χ1n) is 11.7.